The van der Waals surface area contributed by atoms with Crippen LogP contribution >= 0.6 is 0 Å². The lowest BCUT2D eigenvalue weighted by Crippen LogP contribution is -2.20. The number of aromatic amines is 1. The maximum atomic E-state index is 13.6. The second kappa shape index (κ2) is 4.44. The average molecular weight is 248 g/mol. The quantitative estimate of drug-likeness (QED) is 0.857. The van der Waals surface area contributed by atoms with Crippen molar-refractivity contribution in [1.29, 1.82) is 0 Å². The fourth-order valence-electron chi connectivity index (χ4n) is 1.75. The molecule has 4 heteroatoms. The van der Waals surface area contributed by atoms with Crippen molar-refractivity contribution in [2.75, 3.05) is 11.9 Å². The first-order chi connectivity index (χ1) is 8.37. The van der Waals surface area contributed by atoms with Gasteiger partial charge in [0.1, 0.15) is 5.82 Å². The fourth-order valence-corrected chi connectivity index (χ4v) is 1.75. The number of hydrogen-bond donors (Lipinski definition) is 2. The molecule has 3 nitrogen and oxygen atoms in total. The molecule has 0 aliphatic carbocycles. The number of hydrogen-bond acceptors (Lipinski definition) is 2. The number of aromatic nitrogens is 1. The molecule has 2 rings (SSSR count). The molecule has 2 aromatic rings. The molecular formula is C14H17FN2O. The van der Waals surface area contributed by atoms with Crippen LogP contribution in [0.3, 0.4) is 0 Å². The number of fused-ring (bicyclic) bond motifs is 1. The van der Waals surface area contributed by atoms with Crippen molar-refractivity contribution in [2.24, 2.45) is 5.41 Å². The minimum Gasteiger partial charge on any atom is -0.384 e. The van der Waals surface area contributed by atoms with E-state index in [4.69, 9.17) is 0 Å². The van der Waals surface area contributed by atoms with Gasteiger partial charge in [0, 0.05) is 23.7 Å². The van der Waals surface area contributed by atoms with Crippen LogP contribution in [0.1, 0.15) is 20.8 Å². The van der Waals surface area contributed by atoms with Crippen molar-refractivity contribution in [3.05, 3.63) is 40.4 Å². The topological polar surface area (TPSA) is 44.9 Å². The van der Waals surface area contributed by atoms with Crippen LogP contribution in [0.4, 0.5) is 10.1 Å². The van der Waals surface area contributed by atoms with E-state index in [9.17, 15) is 9.18 Å². The Bertz CT molecular complexity index is 626. The summed E-state index contributed by atoms with van der Waals surface area (Å²) in [4.78, 5) is 14.0. The van der Waals surface area contributed by atoms with E-state index in [2.05, 4.69) is 31.1 Å². The van der Waals surface area contributed by atoms with E-state index in [1.54, 1.807) is 12.1 Å². The highest BCUT2D eigenvalue weighted by Gasteiger charge is 2.12. The maximum Gasteiger partial charge on any atom is 0.250 e. The highest BCUT2D eigenvalue weighted by atomic mass is 19.1. The molecule has 0 amide bonds. The van der Waals surface area contributed by atoms with E-state index < -0.39 is 5.82 Å². The number of benzene rings is 1. The third-order valence-corrected chi connectivity index (χ3v) is 2.64. The maximum absolute atomic E-state index is 13.6. The Balaban J connectivity index is 2.50. The number of pyridine rings is 1. The Morgan fingerprint density at radius 3 is 2.72 bits per heavy atom. The van der Waals surface area contributed by atoms with Crippen LogP contribution in [0.25, 0.3) is 10.9 Å². The van der Waals surface area contributed by atoms with Gasteiger partial charge in [-0.1, -0.05) is 32.9 Å². The van der Waals surface area contributed by atoms with Crippen molar-refractivity contribution in [2.45, 2.75) is 20.8 Å². The predicted octanol–water partition coefficient (Wildman–Crippen LogP) is 3.13. The minimum absolute atomic E-state index is 0.0856. The van der Waals surface area contributed by atoms with Gasteiger partial charge in [-0.3, -0.25) is 4.79 Å². The van der Waals surface area contributed by atoms with Crippen molar-refractivity contribution >= 4 is 16.6 Å². The summed E-state index contributed by atoms with van der Waals surface area (Å²) < 4.78 is 13.6. The highest BCUT2D eigenvalue weighted by Crippen LogP contribution is 2.23. The van der Waals surface area contributed by atoms with Gasteiger partial charge >= 0.3 is 0 Å². The molecule has 96 valence electrons. The lowest BCUT2D eigenvalue weighted by atomic mass is 9.97. The minimum atomic E-state index is -0.413. The lowest BCUT2D eigenvalue weighted by Gasteiger charge is -2.20. The van der Waals surface area contributed by atoms with E-state index in [0.29, 0.717) is 17.6 Å². The van der Waals surface area contributed by atoms with Gasteiger partial charge < -0.3 is 10.3 Å². The Hall–Kier alpha value is -1.84. The molecule has 0 fully saturated rings. The fraction of sp³-hybridized carbons (Fsp3) is 0.357. The highest BCUT2D eigenvalue weighted by molar-refractivity contribution is 5.91. The van der Waals surface area contributed by atoms with Gasteiger partial charge in [0.15, 0.2) is 0 Å². The summed E-state index contributed by atoms with van der Waals surface area (Å²) in [5.41, 5.74) is 0.705. The first-order valence-electron chi connectivity index (χ1n) is 5.92. The number of para-hydroxylation sites is 1. The molecule has 0 saturated heterocycles. The normalized spacial score (nSPS) is 11.8. The van der Waals surface area contributed by atoms with E-state index in [1.165, 1.54) is 12.1 Å². The molecule has 0 aliphatic heterocycles. The molecule has 0 atom stereocenters. The second-order valence-electron chi connectivity index (χ2n) is 5.62. The average Bonchev–Trinajstić information content (AvgIpc) is 2.26. The van der Waals surface area contributed by atoms with Crippen molar-refractivity contribution in [1.82, 2.24) is 4.98 Å². The summed E-state index contributed by atoms with van der Waals surface area (Å²) >= 11 is 0. The van der Waals surface area contributed by atoms with Gasteiger partial charge in [-0.15, -0.1) is 0 Å². The molecule has 0 unspecified atom stereocenters. The molecular weight excluding hydrogens is 231 g/mol. The lowest BCUT2D eigenvalue weighted by molar-refractivity contribution is 0.443. The third kappa shape index (κ3) is 2.70. The van der Waals surface area contributed by atoms with Crippen LogP contribution < -0.4 is 10.9 Å². The molecule has 0 aliphatic rings. The first kappa shape index (κ1) is 12.6. The molecule has 0 spiro atoms. The molecule has 0 saturated carbocycles. The molecule has 1 heterocycles. The van der Waals surface area contributed by atoms with Crippen molar-refractivity contribution in [3.63, 3.8) is 0 Å². The first-order valence-corrected chi connectivity index (χ1v) is 5.92. The standard InChI is InChI=1S/C14H17FN2O/c1-14(2,3)8-16-11-7-12(18)17-13-9(11)5-4-6-10(13)15/h4-7H,8H2,1-3H3,(H2,16,17,18). The summed E-state index contributed by atoms with van der Waals surface area (Å²) in [6, 6.07) is 6.23. The van der Waals surface area contributed by atoms with Gasteiger partial charge in [0.2, 0.25) is 0 Å². The Kier molecular flexibility index (Phi) is 3.11. The van der Waals surface area contributed by atoms with E-state index in [0.717, 1.165) is 0 Å². The number of nitrogens with one attached hydrogen (secondary N) is 2. The molecule has 18 heavy (non-hydrogen) atoms. The van der Waals surface area contributed by atoms with Gasteiger partial charge in [0.25, 0.3) is 5.56 Å². The number of H-pyrrole nitrogens is 1. The molecule has 2 N–H and O–H groups in total. The smallest absolute Gasteiger partial charge is 0.250 e. The molecule has 1 aromatic heterocycles. The van der Waals surface area contributed by atoms with E-state index in [1.807, 2.05) is 0 Å². The Morgan fingerprint density at radius 1 is 1.33 bits per heavy atom. The SMILES string of the molecule is CC(C)(C)CNc1cc(=O)[nH]c2c(F)cccc12. The van der Waals surface area contributed by atoms with Crippen LogP contribution in [0, 0.1) is 11.2 Å². The third-order valence-electron chi connectivity index (χ3n) is 2.64. The molecule has 0 bridgehead atoms. The Morgan fingerprint density at radius 2 is 2.06 bits per heavy atom. The predicted molar refractivity (Wildman–Crippen MR) is 72.5 cm³/mol. The van der Waals surface area contributed by atoms with Gasteiger partial charge in [0.05, 0.1) is 5.52 Å². The second-order valence-corrected chi connectivity index (χ2v) is 5.62. The number of rotatable bonds is 2. The molecule has 0 radical (unpaired) electrons. The Labute approximate surface area is 105 Å². The zero-order valence-electron chi connectivity index (χ0n) is 10.8. The number of halogens is 1. The molecule has 1 aromatic carbocycles. The van der Waals surface area contributed by atoms with Crippen molar-refractivity contribution < 1.29 is 4.39 Å². The van der Waals surface area contributed by atoms with Gasteiger partial charge in [-0.2, -0.15) is 0 Å². The van der Waals surface area contributed by atoms with Crippen LogP contribution in [0.5, 0.6) is 0 Å². The summed E-state index contributed by atoms with van der Waals surface area (Å²) in [6.45, 7) is 6.99. The summed E-state index contributed by atoms with van der Waals surface area (Å²) in [5.74, 6) is -0.413. The summed E-state index contributed by atoms with van der Waals surface area (Å²) in [7, 11) is 0. The van der Waals surface area contributed by atoms with Crippen molar-refractivity contribution in [3.8, 4) is 0 Å². The summed E-state index contributed by atoms with van der Waals surface area (Å²) in [6.07, 6.45) is 0. The van der Waals surface area contributed by atoms with Gasteiger partial charge in [-0.05, 0) is 11.5 Å². The largest absolute Gasteiger partial charge is 0.384 e. The van der Waals surface area contributed by atoms with Crippen LogP contribution in [0.15, 0.2) is 29.1 Å². The van der Waals surface area contributed by atoms with E-state index >= 15 is 0 Å². The monoisotopic (exact) mass is 248 g/mol. The van der Waals surface area contributed by atoms with Gasteiger partial charge in [-0.25, -0.2) is 4.39 Å². The van der Waals surface area contributed by atoms with Crippen LogP contribution in [-0.2, 0) is 0 Å². The van der Waals surface area contributed by atoms with Crippen LogP contribution in [0.2, 0.25) is 0 Å². The zero-order valence-corrected chi connectivity index (χ0v) is 10.8. The summed E-state index contributed by atoms with van der Waals surface area (Å²) in [5, 5.41) is 3.90. The number of anilines is 1. The van der Waals surface area contributed by atoms with Crippen LogP contribution in [-0.4, -0.2) is 11.5 Å². The van der Waals surface area contributed by atoms with E-state index in [-0.39, 0.29) is 16.5 Å². The zero-order chi connectivity index (χ0) is 13.3.